The minimum absolute atomic E-state index is 0.169. The van der Waals surface area contributed by atoms with E-state index in [0.29, 0.717) is 17.5 Å². The summed E-state index contributed by atoms with van der Waals surface area (Å²) in [5.41, 5.74) is -4.53. The number of hydrogen-bond donors (Lipinski definition) is 0. The van der Waals surface area contributed by atoms with Crippen molar-refractivity contribution >= 4 is 15.9 Å². The largest absolute Gasteiger partial charge is 0.457 e. The summed E-state index contributed by atoms with van der Waals surface area (Å²) in [6, 6.07) is 9.60. The van der Waals surface area contributed by atoms with Crippen LogP contribution in [-0.4, -0.2) is 26.3 Å². The van der Waals surface area contributed by atoms with Gasteiger partial charge < -0.3 is 14.2 Å². The van der Waals surface area contributed by atoms with Crippen molar-refractivity contribution in [3.8, 4) is 11.5 Å². The van der Waals surface area contributed by atoms with Crippen LogP contribution in [0.15, 0.2) is 42.5 Å². The standard InChI is InChI=1S/C21H21BrF6O3/c1-3-5-15-11-16(19(20(23,24)25,21(26,27)28)30-13-29-2)8-9-18(15)31-17-7-4-6-14(10-17)12-22/h4,6-11H,3,5,12-13H2,1-2H3. The smallest absolute Gasteiger partial charge is 0.430 e. The number of halogens is 7. The van der Waals surface area contributed by atoms with Gasteiger partial charge in [0.05, 0.1) is 0 Å². The van der Waals surface area contributed by atoms with E-state index in [-0.39, 0.29) is 17.7 Å². The van der Waals surface area contributed by atoms with Crippen LogP contribution >= 0.6 is 15.9 Å². The quantitative estimate of drug-likeness (QED) is 0.200. The molecule has 0 aliphatic rings. The van der Waals surface area contributed by atoms with E-state index in [4.69, 9.17) is 4.74 Å². The summed E-state index contributed by atoms with van der Waals surface area (Å²) in [6.45, 7) is 0.559. The summed E-state index contributed by atoms with van der Waals surface area (Å²) in [5, 5.41) is 0.557. The molecule has 2 aromatic carbocycles. The molecule has 0 aromatic heterocycles. The third kappa shape index (κ3) is 5.53. The Hall–Kier alpha value is -1.78. The first-order chi connectivity index (χ1) is 14.5. The second-order valence-electron chi connectivity index (χ2n) is 6.68. The lowest BCUT2D eigenvalue weighted by molar-refractivity contribution is -0.400. The minimum Gasteiger partial charge on any atom is -0.457 e. The highest BCUT2D eigenvalue weighted by molar-refractivity contribution is 9.08. The second kappa shape index (κ2) is 10.2. The fraction of sp³-hybridized carbons (Fsp3) is 0.429. The highest BCUT2D eigenvalue weighted by Gasteiger charge is 2.73. The van der Waals surface area contributed by atoms with Gasteiger partial charge >= 0.3 is 12.4 Å². The topological polar surface area (TPSA) is 27.7 Å². The fourth-order valence-corrected chi connectivity index (χ4v) is 3.41. The molecule has 0 aliphatic carbocycles. The third-order valence-electron chi connectivity index (χ3n) is 4.46. The molecule has 0 radical (unpaired) electrons. The maximum Gasteiger partial charge on any atom is 0.430 e. The second-order valence-corrected chi connectivity index (χ2v) is 7.24. The number of benzene rings is 2. The molecule has 0 aliphatic heterocycles. The Morgan fingerprint density at radius 1 is 0.935 bits per heavy atom. The predicted molar refractivity (Wildman–Crippen MR) is 106 cm³/mol. The normalized spacial score (nSPS) is 12.8. The number of hydrogen-bond acceptors (Lipinski definition) is 3. The van der Waals surface area contributed by atoms with E-state index in [1.807, 2.05) is 6.07 Å². The van der Waals surface area contributed by atoms with Gasteiger partial charge in [-0.25, -0.2) is 0 Å². The Bertz CT molecular complexity index is 853. The molecule has 0 saturated heterocycles. The summed E-state index contributed by atoms with van der Waals surface area (Å²) in [5.74, 6) is 0.581. The molecule has 3 nitrogen and oxygen atoms in total. The molecule has 31 heavy (non-hydrogen) atoms. The molecule has 0 fully saturated rings. The summed E-state index contributed by atoms with van der Waals surface area (Å²) in [7, 11) is 0.942. The van der Waals surface area contributed by atoms with Crippen molar-refractivity contribution in [1.29, 1.82) is 0 Å². The maximum atomic E-state index is 13.8. The lowest BCUT2D eigenvalue weighted by Crippen LogP contribution is -2.56. The minimum atomic E-state index is -5.78. The van der Waals surface area contributed by atoms with Crippen molar-refractivity contribution in [2.45, 2.75) is 43.0 Å². The van der Waals surface area contributed by atoms with E-state index in [0.717, 1.165) is 30.9 Å². The molecule has 0 amide bonds. The van der Waals surface area contributed by atoms with Crippen molar-refractivity contribution in [2.24, 2.45) is 0 Å². The Balaban J connectivity index is 2.60. The average Bonchev–Trinajstić information content (AvgIpc) is 2.68. The van der Waals surface area contributed by atoms with Crippen LogP contribution in [0.3, 0.4) is 0 Å². The van der Waals surface area contributed by atoms with Crippen LogP contribution in [0.1, 0.15) is 30.0 Å². The zero-order chi connectivity index (χ0) is 23.3. The molecule has 0 unspecified atom stereocenters. The maximum absolute atomic E-state index is 13.8. The summed E-state index contributed by atoms with van der Waals surface area (Å²) < 4.78 is 97.2. The number of alkyl halides is 7. The van der Waals surface area contributed by atoms with Gasteiger partial charge in [-0.1, -0.05) is 47.5 Å². The average molecular weight is 515 g/mol. The molecule has 0 atom stereocenters. The molecular formula is C21H21BrF6O3. The van der Waals surface area contributed by atoms with E-state index in [9.17, 15) is 26.3 Å². The molecule has 0 heterocycles. The summed E-state index contributed by atoms with van der Waals surface area (Å²) >= 11 is 3.31. The third-order valence-corrected chi connectivity index (χ3v) is 5.11. The van der Waals surface area contributed by atoms with Crippen LogP contribution < -0.4 is 4.74 Å². The molecular weight excluding hydrogens is 494 g/mol. The van der Waals surface area contributed by atoms with Gasteiger partial charge in [0.15, 0.2) is 0 Å². The van der Waals surface area contributed by atoms with Crippen molar-refractivity contribution in [3.05, 3.63) is 59.2 Å². The van der Waals surface area contributed by atoms with Crippen LogP contribution in [0.25, 0.3) is 0 Å². The first kappa shape index (κ1) is 25.5. The first-order valence-corrected chi connectivity index (χ1v) is 10.3. The Morgan fingerprint density at radius 3 is 2.16 bits per heavy atom. The number of rotatable bonds is 9. The lowest BCUT2D eigenvalue weighted by Gasteiger charge is -2.37. The van der Waals surface area contributed by atoms with Gasteiger partial charge in [0.25, 0.3) is 5.60 Å². The molecule has 0 saturated carbocycles. The molecule has 2 rings (SSSR count). The van der Waals surface area contributed by atoms with E-state index >= 15 is 0 Å². The van der Waals surface area contributed by atoms with Gasteiger partial charge in [-0.05, 0) is 41.8 Å². The molecule has 172 valence electrons. The van der Waals surface area contributed by atoms with Crippen molar-refractivity contribution in [3.63, 3.8) is 0 Å². The van der Waals surface area contributed by atoms with Crippen molar-refractivity contribution in [2.75, 3.05) is 13.9 Å². The Morgan fingerprint density at radius 2 is 1.61 bits per heavy atom. The van der Waals surface area contributed by atoms with Crippen LogP contribution in [0.2, 0.25) is 0 Å². The van der Waals surface area contributed by atoms with Crippen LogP contribution in [0, 0.1) is 0 Å². The monoisotopic (exact) mass is 514 g/mol. The molecule has 2 aromatic rings. The summed E-state index contributed by atoms with van der Waals surface area (Å²) in [6.07, 6.45) is -10.9. The van der Waals surface area contributed by atoms with Gasteiger partial charge in [-0.3, -0.25) is 0 Å². The molecule has 0 N–H and O–H groups in total. The predicted octanol–water partition coefficient (Wildman–Crippen LogP) is 7.27. The Kier molecular flexibility index (Phi) is 8.40. The van der Waals surface area contributed by atoms with Crippen molar-refractivity contribution in [1.82, 2.24) is 0 Å². The fourth-order valence-electron chi connectivity index (χ4n) is 3.06. The zero-order valence-corrected chi connectivity index (χ0v) is 18.3. The van der Waals surface area contributed by atoms with Crippen LogP contribution in [0.4, 0.5) is 26.3 Å². The number of methoxy groups -OCH3 is 1. The number of ether oxygens (including phenoxy) is 3. The molecule has 0 spiro atoms. The zero-order valence-electron chi connectivity index (χ0n) is 16.7. The van der Waals surface area contributed by atoms with Crippen LogP contribution in [0.5, 0.6) is 11.5 Å². The van der Waals surface area contributed by atoms with Crippen molar-refractivity contribution < 1.29 is 40.6 Å². The van der Waals surface area contributed by atoms with E-state index in [1.54, 1.807) is 25.1 Å². The van der Waals surface area contributed by atoms with E-state index < -0.39 is 30.3 Å². The number of aryl methyl sites for hydroxylation is 1. The Labute approximate surface area is 184 Å². The first-order valence-electron chi connectivity index (χ1n) is 9.22. The van der Waals surface area contributed by atoms with Gasteiger partial charge in [0, 0.05) is 18.0 Å². The van der Waals surface area contributed by atoms with Gasteiger partial charge in [0.1, 0.15) is 18.3 Å². The van der Waals surface area contributed by atoms with Gasteiger partial charge in [0.2, 0.25) is 0 Å². The molecule has 10 heteroatoms. The highest BCUT2D eigenvalue weighted by atomic mass is 79.9. The van der Waals surface area contributed by atoms with Crippen LogP contribution in [-0.2, 0) is 26.8 Å². The van der Waals surface area contributed by atoms with Gasteiger partial charge in [-0.15, -0.1) is 0 Å². The summed E-state index contributed by atoms with van der Waals surface area (Å²) in [4.78, 5) is 0. The van der Waals surface area contributed by atoms with Gasteiger partial charge in [-0.2, -0.15) is 26.3 Å². The van der Waals surface area contributed by atoms with E-state index in [1.165, 1.54) is 0 Å². The lowest BCUT2D eigenvalue weighted by atomic mass is 9.89. The highest BCUT2D eigenvalue weighted by Crippen LogP contribution is 2.53. The molecule has 0 bridgehead atoms. The SMILES string of the molecule is CCCc1cc(C(OCOC)(C(F)(F)F)C(F)(F)F)ccc1Oc1cccc(CBr)c1. The van der Waals surface area contributed by atoms with E-state index in [2.05, 4.69) is 25.4 Å².